The summed E-state index contributed by atoms with van der Waals surface area (Å²) in [5.74, 6) is 0.381. The lowest BCUT2D eigenvalue weighted by Gasteiger charge is -2.58. The summed E-state index contributed by atoms with van der Waals surface area (Å²) in [6, 6.07) is 21.4. The summed E-state index contributed by atoms with van der Waals surface area (Å²) >= 11 is 1.98. The number of hydrogen-bond acceptors (Lipinski definition) is 2. The normalized spacial score (nSPS) is 25.0. The van der Waals surface area contributed by atoms with E-state index in [1.807, 2.05) is 11.8 Å². The smallest absolute Gasteiger partial charge is 0.147 e. The van der Waals surface area contributed by atoms with E-state index in [9.17, 15) is 4.79 Å². The Labute approximate surface area is 142 Å². The van der Waals surface area contributed by atoms with Crippen molar-refractivity contribution in [2.75, 3.05) is 0 Å². The topological polar surface area (TPSA) is 17.1 Å². The molecule has 4 rings (SSSR count). The van der Waals surface area contributed by atoms with Gasteiger partial charge >= 0.3 is 0 Å². The zero-order valence-electron chi connectivity index (χ0n) is 14.1. The van der Waals surface area contributed by atoms with Crippen LogP contribution in [0.25, 0.3) is 0 Å². The molecule has 1 saturated carbocycles. The van der Waals surface area contributed by atoms with Gasteiger partial charge in [0.2, 0.25) is 0 Å². The number of Topliss-reactive ketones (excluding diaryl/α,β-unsaturated/α-hetero) is 1. The van der Waals surface area contributed by atoms with Gasteiger partial charge in [0.15, 0.2) is 0 Å². The first kappa shape index (κ1) is 15.0. The van der Waals surface area contributed by atoms with Crippen molar-refractivity contribution in [3.8, 4) is 0 Å². The average molecular weight is 322 g/mol. The summed E-state index contributed by atoms with van der Waals surface area (Å²) < 4.78 is -0.205. The van der Waals surface area contributed by atoms with Gasteiger partial charge in [0.05, 0.1) is 9.49 Å². The van der Waals surface area contributed by atoms with Crippen molar-refractivity contribution in [3.05, 3.63) is 71.8 Å². The van der Waals surface area contributed by atoms with E-state index in [0.29, 0.717) is 5.78 Å². The summed E-state index contributed by atoms with van der Waals surface area (Å²) in [6.07, 6.45) is 0. The molecule has 0 atom stereocenters. The molecule has 0 bridgehead atoms. The molecule has 23 heavy (non-hydrogen) atoms. The average Bonchev–Trinajstić information content (AvgIpc) is 3.31. The number of thioether (sulfide) groups is 1. The molecule has 1 saturated heterocycles. The van der Waals surface area contributed by atoms with Crippen molar-refractivity contribution in [1.29, 1.82) is 0 Å². The lowest BCUT2D eigenvalue weighted by atomic mass is 9.42. The summed E-state index contributed by atoms with van der Waals surface area (Å²) in [5.41, 5.74) is 1.99. The zero-order chi connectivity index (χ0) is 16.5. The number of carbonyl (C=O) groups excluding carboxylic acids is 1. The highest BCUT2D eigenvalue weighted by atomic mass is 32.2. The van der Waals surface area contributed by atoms with E-state index >= 15 is 0 Å². The predicted octanol–water partition coefficient (Wildman–Crippen LogP) is 5.05. The van der Waals surface area contributed by atoms with Crippen molar-refractivity contribution < 1.29 is 4.79 Å². The molecular weight excluding hydrogens is 300 g/mol. The minimum atomic E-state index is -0.313. The third-order valence-electron chi connectivity index (χ3n) is 6.02. The third-order valence-corrected chi connectivity index (χ3v) is 8.53. The molecule has 1 heterocycles. The molecule has 0 N–H and O–H groups in total. The fourth-order valence-electron chi connectivity index (χ4n) is 5.20. The van der Waals surface area contributed by atoms with Crippen LogP contribution in [-0.2, 0) is 9.54 Å². The van der Waals surface area contributed by atoms with Gasteiger partial charge in [-0.05, 0) is 11.1 Å². The molecule has 1 nitrogen and oxygen atoms in total. The van der Waals surface area contributed by atoms with E-state index in [2.05, 4.69) is 88.4 Å². The van der Waals surface area contributed by atoms with Crippen molar-refractivity contribution in [2.45, 2.75) is 37.2 Å². The molecule has 0 aromatic heterocycles. The van der Waals surface area contributed by atoms with Crippen molar-refractivity contribution >= 4 is 17.5 Å². The van der Waals surface area contributed by atoms with Crippen LogP contribution in [0.2, 0.25) is 0 Å². The van der Waals surface area contributed by atoms with Crippen LogP contribution in [0.15, 0.2) is 60.7 Å². The fourth-order valence-corrected chi connectivity index (χ4v) is 7.55. The Kier molecular flexibility index (Phi) is 2.81. The molecule has 2 heteroatoms. The van der Waals surface area contributed by atoms with Crippen LogP contribution in [0.3, 0.4) is 0 Å². The van der Waals surface area contributed by atoms with E-state index < -0.39 is 0 Å². The molecular formula is C21H22OS. The number of ketones is 1. The van der Waals surface area contributed by atoms with E-state index in [-0.39, 0.29) is 20.3 Å². The van der Waals surface area contributed by atoms with Crippen LogP contribution < -0.4 is 0 Å². The quantitative estimate of drug-likeness (QED) is 0.720. The number of hydrogen-bond donors (Lipinski definition) is 0. The zero-order valence-corrected chi connectivity index (χ0v) is 14.9. The van der Waals surface area contributed by atoms with Gasteiger partial charge in [-0.1, -0.05) is 88.4 Å². The summed E-state index contributed by atoms with van der Waals surface area (Å²) in [6.45, 7) is 8.50. The molecule has 2 fully saturated rings. The number of carbonyl (C=O) groups is 1. The monoisotopic (exact) mass is 322 g/mol. The summed E-state index contributed by atoms with van der Waals surface area (Å²) in [4.78, 5) is 12.8. The van der Waals surface area contributed by atoms with Gasteiger partial charge in [0.1, 0.15) is 5.78 Å². The van der Waals surface area contributed by atoms with Gasteiger partial charge in [0.25, 0.3) is 0 Å². The highest BCUT2D eigenvalue weighted by Crippen LogP contribution is 2.89. The van der Waals surface area contributed by atoms with Gasteiger partial charge < -0.3 is 0 Å². The minimum Gasteiger partial charge on any atom is -0.298 e. The summed E-state index contributed by atoms with van der Waals surface area (Å²) in [7, 11) is 0. The van der Waals surface area contributed by atoms with Crippen LogP contribution >= 0.6 is 11.8 Å². The molecule has 1 aliphatic carbocycles. The van der Waals surface area contributed by atoms with E-state index in [4.69, 9.17) is 0 Å². The first-order valence-electron chi connectivity index (χ1n) is 8.18. The molecule has 0 radical (unpaired) electrons. The fraction of sp³-hybridized carbons (Fsp3) is 0.381. The maximum atomic E-state index is 12.8. The molecule has 118 valence electrons. The molecule has 2 aromatic carbocycles. The Morgan fingerprint density at radius 3 is 1.48 bits per heavy atom. The van der Waals surface area contributed by atoms with Crippen LogP contribution in [0.4, 0.5) is 0 Å². The van der Waals surface area contributed by atoms with Gasteiger partial charge in [0, 0.05) is 10.8 Å². The van der Waals surface area contributed by atoms with Gasteiger partial charge in [-0.15, -0.1) is 11.8 Å². The van der Waals surface area contributed by atoms with Crippen molar-refractivity contribution in [2.24, 2.45) is 10.8 Å². The second-order valence-corrected chi connectivity index (χ2v) is 9.20. The SMILES string of the molecule is CC1(C)C(=O)C(C)(C)C12SC2(c1ccccc1)c1ccccc1. The van der Waals surface area contributed by atoms with E-state index in [1.54, 1.807) is 0 Å². The van der Waals surface area contributed by atoms with Crippen LogP contribution in [0.5, 0.6) is 0 Å². The molecule has 1 spiro atoms. The van der Waals surface area contributed by atoms with Crippen LogP contribution in [0, 0.1) is 10.8 Å². The maximum Gasteiger partial charge on any atom is 0.147 e. The Balaban J connectivity index is 1.98. The molecule has 2 aromatic rings. The maximum absolute atomic E-state index is 12.8. The van der Waals surface area contributed by atoms with Crippen LogP contribution in [0.1, 0.15) is 38.8 Å². The van der Waals surface area contributed by atoms with Gasteiger partial charge in [-0.3, -0.25) is 4.79 Å². The largest absolute Gasteiger partial charge is 0.298 e. The number of rotatable bonds is 2. The van der Waals surface area contributed by atoms with E-state index in [1.165, 1.54) is 11.1 Å². The Morgan fingerprint density at radius 2 is 1.09 bits per heavy atom. The Morgan fingerprint density at radius 1 is 0.696 bits per heavy atom. The second kappa shape index (κ2) is 4.30. The Bertz CT molecular complexity index is 717. The highest BCUT2D eigenvalue weighted by molar-refractivity contribution is 8.09. The summed E-state index contributed by atoms with van der Waals surface area (Å²) in [5, 5.41) is 0. The lowest BCUT2D eigenvalue weighted by Crippen LogP contribution is -2.69. The van der Waals surface area contributed by atoms with Crippen molar-refractivity contribution in [1.82, 2.24) is 0 Å². The van der Waals surface area contributed by atoms with E-state index in [0.717, 1.165) is 0 Å². The molecule has 0 unspecified atom stereocenters. The third kappa shape index (κ3) is 1.45. The lowest BCUT2D eigenvalue weighted by molar-refractivity contribution is -0.158. The number of benzene rings is 2. The Hall–Kier alpha value is -1.54. The first-order chi connectivity index (χ1) is 10.8. The molecule has 0 amide bonds. The first-order valence-corrected chi connectivity index (χ1v) is 9.00. The van der Waals surface area contributed by atoms with Crippen molar-refractivity contribution in [3.63, 3.8) is 0 Å². The molecule has 1 aliphatic heterocycles. The molecule has 2 aliphatic rings. The highest BCUT2D eigenvalue weighted by Gasteiger charge is 2.90. The van der Waals surface area contributed by atoms with Gasteiger partial charge in [-0.25, -0.2) is 0 Å². The second-order valence-electron chi connectivity index (χ2n) is 7.78. The predicted molar refractivity (Wildman–Crippen MR) is 96.6 cm³/mol. The standard InChI is InChI=1S/C21H22OS/c1-18(2)17(22)19(3,4)21(18)20(23-21,15-11-7-5-8-12-15)16-13-9-6-10-14-16/h5-14H,1-4H3. The van der Waals surface area contributed by atoms with Crippen LogP contribution in [-0.4, -0.2) is 10.5 Å². The minimum absolute atomic E-state index is 0.0766. The van der Waals surface area contributed by atoms with Gasteiger partial charge in [-0.2, -0.15) is 0 Å².